The zero-order valence-electron chi connectivity index (χ0n) is 8.88. The minimum absolute atomic E-state index is 0.0809. The maximum atomic E-state index is 12.6. The number of aromatic nitrogens is 1. The van der Waals surface area contributed by atoms with Crippen LogP contribution in [0.5, 0.6) is 0 Å². The lowest BCUT2D eigenvalue weighted by Gasteiger charge is -2.08. The molecule has 0 aliphatic carbocycles. The lowest BCUT2D eigenvalue weighted by Crippen LogP contribution is -2.13. The molecule has 2 rings (SSSR count). The predicted molar refractivity (Wildman–Crippen MR) is 62.5 cm³/mol. The number of halogens is 4. The van der Waals surface area contributed by atoms with Crippen molar-refractivity contribution in [3.8, 4) is 11.3 Å². The third-order valence-corrected chi connectivity index (χ3v) is 2.54. The molecule has 0 saturated heterocycles. The van der Waals surface area contributed by atoms with Crippen LogP contribution >= 0.6 is 11.6 Å². The zero-order chi connectivity index (χ0) is 13.3. The summed E-state index contributed by atoms with van der Waals surface area (Å²) in [6.45, 7) is 0. The number of nitrogens with one attached hydrogen (secondary N) is 1. The van der Waals surface area contributed by atoms with Gasteiger partial charge >= 0.3 is 6.18 Å². The van der Waals surface area contributed by atoms with E-state index in [4.69, 9.17) is 11.6 Å². The van der Waals surface area contributed by atoms with Crippen LogP contribution in [0.2, 0.25) is 5.02 Å². The van der Waals surface area contributed by atoms with Gasteiger partial charge in [-0.15, -0.1) is 0 Å². The number of alkyl halides is 3. The van der Waals surface area contributed by atoms with Gasteiger partial charge < -0.3 is 4.98 Å². The molecule has 0 atom stereocenters. The fraction of sp³-hybridized carbons (Fsp3) is 0.0833. The van der Waals surface area contributed by atoms with Gasteiger partial charge in [0.25, 0.3) is 0 Å². The smallest absolute Gasteiger partial charge is 0.322 e. The molecule has 0 aliphatic heterocycles. The molecule has 0 amide bonds. The number of aromatic amines is 1. The summed E-state index contributed by atoms with van der Waals surface area (Å²) in [7, 11) is 0. The third kappa shape index (κ3) is 2.73. The molecular weight excluding hydrogens is 267 g/mol. The summed E-state index contributed by atoms with van der Waals surface area (Å²) < 4.78 is 37.7. The Hall–Kier alpha value is -1.75. The van der Waals surface area contributed by atoms with Crippen molar-refractivity contribution in [2.24, 2.45) is 0 Å². The minimum atomic E-state index is -4.55. The largest absolute Gasteiger partial charge is 0.416 e. The summed E-state index contributed by atoms with van der Waals surface area (Å²) in [4.78, 5) is 13.6. The Labute approximate surface area is 105 Å². The Morgan fingerprint density at radius 1 is 1.11 bits per heavy atom. The van der Waals surface area contributed by atoms with Gasteiger partial charge in [-0.05, 0) is 23.8 Å². The highest BCUT2D eigenvalue weighted by atomic mass is 35.5. The topological polar surface area (TPSA) is 32.9 Å². The number of rotatable bonds is 1. The normalized spacial score (nSPS) is 11.6. The first-order chi connectivity index (χ1) is 8.36. The molecule has 1 aromatic heterocycles. The Bertz CT molecular complexity index is 634. The SMILES string of the molecule is O=c1cc(C(F)(F)F)cc(-c2cccc(Cl)c2)[nH]1. The van der Waals surface area contributed by atoms with E-state index in [2.05, 4.69) is 4.98 Å². The fourth-order valence-corrected chi connectivity index (χ4v) is 1.71. The molecule has 2 aromatic rings. The second kappa shape index (κ2) is 4.49. The average Bonchev–Trinajstić information content (AvgIpc) is 2.27. The van der Waals surface area contributed by atoms with Crippen molar-refractivity contribution in [1.82, 2.24) is 4.98 Å². The summed E-state index contributed by atoms with van der Waals surface area (Å²) >= 11 is 5.75. The van der Waals surface area contributed by atoms with Crippen LogP contribution in [-0.4, -0.2) is 4.98 Å². The van der Waals surface area contributed by atoms with E-state index in [1.807, 2.05) is 0 Å². The van der Waals surface area contributed by atoms with Crippen LogP contribution in [0.1, 0.15) is 5.56 Å². The van der Waals surface area contributed by atoms with Crippen LogP contribution in [0.15, 0.2) is 41.2 Å². The first-order valence-corrected chi connectivity index (χ1v) is 5.31. The van der Waals surface area contributed by atoms with Gasteiger partial charge in [-0.2, -0.15) is 13.2 Å². The van der Waals surface area contributed by atoms with E-state index in [9.17, 15) is 18.0 Å². The van der Waals surface area contributed by atoms with Gasteiger partial charge in [0.05, 0.1) is 5.56 Å². The number of H-pyrrole nitrogens is 1. The monoisotopic (exact) mass is 273 g/mol. The van der Waals surface area contributed by atoms with Gasteiger partial charge in [0.2, 0.25) is 5.56 Å². The van der Waals surface area contributed by atoms with Crippen LogP contribution in [-0.2, 0) is 6.18 Å². The molecule has 0 radical (unpaired) electrons. The van der Waals surface area contributed by atoms with Crippen molar-refractivity contribution >= 4 is 11.6 Å². The first-order valence-electron chi connectivity index (χ1n) is 4.94. The second-order valence-corrected chi connectivity index (χ2v) is 4.09. The third-order valence-electron chi connectivity index (χ3n) is 2.31. The summed E-state index contributed by atoms with van der Waals surface area (Å²) in [6.07, 6.45) is -4.55. The highest BCUT2D eigenvalue weighted by molar-refractivity contribution is 6.30. The van der Waals surface area contributed by atoms with Gasteiger partial charge in [0.15, 0.2) is 0 Å². The zero-order valence-corrected chi connectivity index (χ0v) is 9.64. The maximum Gasteiger partial charge on any atom is 0.416 e. The van der Waals surface area contributed by atoms with Gasteiger partial charge in [-0.3, -0.25) is 4.79 Å². The molecule has 6 heteroatoms. The fourth-order valence-electron chi connectivity index (χ4n) is 1.52. The lowest BCUT2D eigenvalue weighted by molar-refractivity contribution is -0.137. The maximum absolute atomic E-state index is 12.6. The minimum Gasteiger partial charge on any atom is -0.322 e. The molecule has 0 spiro atoms. The Morgan fingerprint density at radius 3 is 2.44 bits per heavy atom. The van der Waals surface area contributed by atoms with E-state index in [1.54, 1.807) is 18.2 Å². The van der Waals surface area contributed by atoms with Crippen LogP contribution in [0.4, 0.5) is 13.2 Å². The van der Waals surface area contributed by atoms with Gasteiger partial charge in [0.1, 0.15) is 0 Å². The second-order valence-electron chi connectivity index (χ2n) is 3.66. The molecule has 1 heterocycles. The number of benzene rings is 1. The molecule has 0 bridgehead atoms. The van der Waals surface area contributed by atoms with Crippen molar-refractivity contribution in [2.45, 2.75) is 6.18 Å². The van der Waals surface area contributed by atoms with Crippen molar-refractivity contribution < 1.29 is 13.2 Å². The average molecular weight is 274 g/mol. The van der Waals surface area contributed by atoms with Crippen LogP contribution in [0, 0.1) is 0 Å². The molecule has 0 unspecified atom stereocenters. The Balaban J connectivity index is 2.59. The van der Waals surface area contributed by atoms with Crippen LogP contribution in [0.25, 0.3) is 11.3 Å². The number of pyridine rings is 1. The Morgan fingerprint density at radius 2 is 1.83 bits per heavy atom. The highest BCUT2D eigenvalue weighted by Gasteiger charge is 2.31. The molecule has 94 valence electrons. The molecule has 0 fully saturated rings. The predicted octanol–water partition coefficient (Wildman–Crippen LogP) is 3.71. The molecule has 18 heavy (non-hydrogen) atoms. The molecule has 1 aromatic carbocycles. The Kier molecular flexibility index (Phi) is 3.17. The number of hydrogen-bond donors (Lipinski definition) is 1. The van der Waals surface area contributed by atoms with Crippen molar-refractivity contribution in [3.05, 3.63) is 57.3 Å². The summed E-state index contributed by atoms with van der Waals surface area (Å²) in [6, 6.07) is 7.64. The molecule has 1 N–H and O–H groups in total. The molecule has 0 saturated carbocycles. The number of hydrogen-bond acceptors (Lipinski definition) is 1. The van der Waals surface area contributed by atoms with Crippen LogP contribution in [0.3, 0.4) is 0 Å². The van der Waals surface area contributed by atoms with Crippen molar-refractivity contribution in [1.29, 1.82) is 0 Å². The van der Waals surface area contributed by atoms with E-state index in [-0.39, 0.29) is 5.69 Å². The molecule has 2 nitrogen and oxygen atoms in total. The van der Waals surface area contributed by atoms with Crippen molar-refractivity contribution in [2.75, 3.05) is 0 Å². The van der Waals surface area contributed by atoms with E-state index in [0.29, 0.717) is 16.7 Å². The quantitative estimate of drug-likeness (QED) is 0.844. The summed E-state index contributed by atoms with van der Waals surface area (Å²) in [5.41, 5.74) is -1.29. The first kappa shape index (κ1) is 12.7. The molecule has 0 aliphatic rings. The van der Waals surface area contributed by atoms with Gasteiger partial charge in [0, 0.05) is 16.8 Å². The summed E-state index contributed by atoms with van der Waals surface area (Å²) in [5, 5.41) is 0.380. The van der Waals surface area contributed by atoms with Crippen LogP contribution < -0.4 is 5.56 Å². The standard InChI is InChI=1S/C12H7ClF3NO/c13-9-3-1-2-7(4-9)10-5-8(12(14,15)16)6-11(18)17-10/h1-6H,(H,17,18). The highest BCUT2D eigenvalue weighted by Crippen LogP contribution is 2.30. The van der Waals surface area contributed by atoms with Crippen molar-refractivity contribution in [3.63, 3.8) is 0 Å². The van der Waals surface area contributed by atoms with Gasteiger partial charge in [-0.1, -0.05) is 23.7 Å². The van der Waals surface area contributed by atoms with E-state index >= 15 is 0 Å². The molecular formula is C12H7ClF3NO. The summed E-state index contributed by atoms with van der Waals surface area (Å²) in [5.74, 6) is 0. The van der Waals surface area contributed by atoms with E-state index in [0.717, 1.165) is 6.07 Å². The van der Waals surface area contributed by atoms with E-state index < -0.39 is 17.3 Å². The lowest BCUT2D eigenvalue weighted by atomic mass is 10.1. The van der Waals surface area contributed by atoms with E-state index in [1.165, 1.54) is 6.07 Å². The van der Waals surface area contributed by atoms with Gasteiger partial charge in [-0.25, -0.2) is 0 Å².